The number of rotatable bonds is 5. The van der Waals surface area contributed by atoms with Crippen LogP contribution < -0.4 is 4.72 Å². The van der Waals surface area contributed by atoms with Crippen LogP contribution >= 0.6 is 0 Å². The number of nitrogens with one attached hydrogen (secondary N) is 1. The number of likely N-dealkylation sites (tertiary alicyclic amines) is 2. The third kappa shape index (κ3) is 5.64. The molecule has 0 aromatic carbocycles. The van der Waals surface area contributed by atoms with Gasteiger partial charge in [0.05, 0.1) is 18.2 Å². The second kappa shape index (κ2) is 9.45. The predicted octanol–water partition coefficient (Wildman–Crippen LogP) is 1.25. The molecule has 1 saturated carbocycles. The van der Waals surface area contributed by atoms with E-state index in [4.69, 9.17) is 9.47 Å². The zero-order valence-electron chi connectivity index (χ0n) is 19.4. The van der Waals surface area contributed by atoms with Gasteiger partial charge >= 0.3 is 21.6 Å². The average Bonchev–Trinajstić information content (AvgIpc) is 3.42. The number of halogens is 3. The molecule has 3 fully saturated rings. The highest BCUT2D eigenvalue weighted by molar-refractivity contribution is 7.90. The SMILES string of the molecule is CC(C)(C)OC(=O)N1[C@@H]2C[C@@H](C[C@H]2OCC(=O)NS(=O)(=O)C(F)(F)F)[C@H]1C(=O)N1CCC[C@H]1C#N. The fourth-order valence-electron chi connectivity index (χ4n) is 4.82. The average molecular weight is 525 g/mol. The summed E-state index contributed by atoms with van der Waals surface area (Å²) >= 11 is 0. The molecule has 5 atom stereocenters. The second-order valence-electron chi connectivity index (χ2n) is 9.77. The molecule has 11 nitrogen and oxygen atoms in total. The van der Waals surface area contributed by atoms with E-state index in [0.29, 0.717) is 25.8 Å². The first-order valence-electron chi connectivity index (χ1n) is 11.0. The number of hydrogen-bond donors (Lipinski definition) is 1. The van der Waals surface area contributed by atoms with Crippen LogP contribution in [0.1, 0.15) is 46.5 Å². The molecular weight excluding hydrogens is 497 g/mol. The molecule has 196 valence electrons. The summed E-state index contributed by atoms with van der Waals surface area (Å²) in [6.07, 6.45) is 0.0731. The minimum atomic E-state index is -5.88. The number of piperidine rings is 1. The number of ether oxygens (including phenoxy) is 2. The summed E-state index contributed by atoms with van der Waals surface area (Å²) < 4.78 is 71.4. The number of carbonyl (C=O) groups is 3. The summed E-state index contributed by atoms with van der Waals surface area (Å²) in [5.41, 5.74) is -6.55. The van der Waals surface area contributed by atoms with E-state index in [1.807, 2.05) is 0 Å². The quantitative estimate of drug-likeness (QED) is 0.566. The van der Waals surface area contributed by atoms with E-state index in [2.05, 4.69) is 6.07 Å². The lowest BCUT2D eigenvalue weighted by molar-refractivity contribution is -0.142. The van der Waals surface area contributed by atoms with E-state index < -0.39 is 69.9 Å². The topological polar surface area (TPSA) is 146 Å². The molecule has 15 heteroatoms. The predicted molar refractivity (Wildman–Crippen MR) is 112 cm³/mol. The lowest BCUT2D eigenvalue weighted by Crippen LogP contribution is -2.58. The highest BCUT2D eigenvalue weighted by Gasteiger charge is 2.58. The number of hydrogen-bond acceptors (Lipinski definition) is 8. The van der Waals surface area contributed by atoms with Crippen molar-refractivity contribution in [1.82, 2.24) is 14.5 Å². The van der Waals surface area contributed by atoms with Gasteiger partial charge in [-0.1, -0.05) is 0 Å². The van der Waals surface area contributed by atoms with E-state index in [-0.39, 0.29) is 12.3 Å². The van der Waals surface area contributed by atoms with Gasteiger partial charge in [-0.2, -0.15) is 26.9 Å². The third-order valence-corrected chi connectivity index (χ3v) is 7.24. The molecule has 0 aromatic rings. The van der Waals surface area contributed by atoms with E-state index in [1.54, 1.807) is 20.8 Å². The first-order chi connectivity index (χ1) is 16.1. The van der Waals surface area contributed by atoms with Crippen molar-refractivity contribution >= 4 is 27.9 Å². The van der Waals surface area contributed by atoms with Crippen molar-refractivity contribution in [2.75, 3.05) is 13.2 Å². The van der Waals surface area contributed by atoms with E-state index in [1.165, 1.54) is 9.80 Å². The largest absolute Gasteiger partial charge is 0.516 e. The van der Waals surface area contributed by atoms with Crippen molar-refractivity contribution < 1.29 is 45.4 Å². The molecule has 2 saturated heterocycles. The fourth-order valence-corrected chi connectivity index (χ4v) is 5.29. The lowest BCUT2D eigenvalue weighted by atomic mass is 9.96. The minimum absolute atomic E-state index is 0.213. The van der Waals surface area contributed by atoms with Crippen LogP contribution in [0.15, 0.2) is 0 Å². The van der Waals surface area contributed by atoms with Crippen LogP contribution in [-0.4, -0.2) is 84.6 Å². The Kier molecular flexibility index (Phi) is 7.29. The van der Waals surface area contributed by atoms with E-state index in [0.717, 1.165) is 4.72 Å². The molecule has 35 heavy (non-hydrogen) atoms. The smallest absolute Gasteiger partial charge is 0.444 e. The van der Waals surface area contributed by atoms with Gasteiger partial charge in [0.15, 0.2) is 0 Å². The Labute approximate surface area is 200 Å². The van der Waals surface area contributed by atoms with Crippen molar-refractivity contribution in [2.45, 2.75) is 81.8 Å². The van der Waals surface area contributed by atoms with Crippen LogP contribution in [0.25, 0.3) is 0 Å². The summed E-state index contributed by atoms with van der Waals surface area (Å²) in [5, 5.41) is 9.36. The Morgan fingerprint density at radius 3 is 2.40 bits per heavy atom. The Morgan fingerprint density at radius 1 is 1.17 bits per heavy atom. The highest BCUT2D eigenvalue weighted by Crippen LogP contribution is 2.45. The van der Waals surface area contributed by atoms with E-state index in [9.17, 15) is 41.2 Å². The molecule has 1 N–H and O–H groups in total. The van der Waals surface area contributed by atoms with Gasteiger partial charge in [-0.05, 0) is 52.4 Å². The zero-order chi connectivity index (χ0) is 26.3. The monoisotopic (exact) mass is 524 g/mol. The molecule has 0 spiro atoms. The van der Waals surface area contributed by atoms with Crippen LogP contribution in [0, 0.1) is 17.2 Å². The molecule has 3 aliphatic rings. The summed E-state index contributed by atoms with van der Waals surface area (Å²) in [7, 11) is -5.88. The Hall–Kier alpha value is -2.60. The van der Waals surface area contributed by atoms with Crippen molar-refractivity contribution in [3.05, 3.63) is 0 Å². The number of alkyl halides is 3. The van der Waals surface area contributed by atoms with Gasteiger partial charge < -0.3 is 14.4 Å². The van der Waals surface area contributed by atoms with Crippen molar-refractivity contribution in [3.63, 3.8) is 0 Å². The van der Waals surface area contributed by atoms with E-state index >= 15 is 0 Å². The fraction of sp³-hybridized carbons (Fsp3) is 0.800. The van der Waals surface area contributed by atoms with Crippen LogP contribution in [0.2, 0.25) is 0 Å². The highest BCUT2D eigenvalue weighted by atomic mass is 32.2. The van der Waals surface area contributed by atoms with Crippen molar-refractivity contribution in [2.24, 2.45) is 5.92 Å². The Bertz CT molecular complexity index is 1020. The number of fused-ring (bicyclic) bond motifs is 2. The molecule has 2 bridgehead atoms. The van der Waals surface area contributed by atoms with Gasteiger partial charge in [-0.25, -0.2) is 9.52 Å². The molecule has 3 amide bonds. The standard InChI is InChI=1S/C20H27F3N4O7S/c1-19(2,3)34-18(30)27-13-7-11(16(27)17(29)26-6-4-5-12(26)9-24)8-14(13)33-10-15(28)25-35(31,32)20(21,22)23/h11-14,16H,4-8,10H2,1-3H3,(H,25,28)/t11-,12-,13+,14+,16-/m0/s1. The van der Waals surface area contributed by atoms with Gasteiger partial charge in [0, 0.05) is 6.54 Å². The maximum atomic E-state index is 13.4. The first kappa shape index (κ1) is 27.0. The Balaban J connectivity index is 1.74. The minimum Gasteiger partial charge on any atom is -0.444 e. The molecule has 0 radical (unpaired) electrons. The van der Waals surface area contributed by atoms with Crippen LogP contribution in [-0.2, 0) is 29.1 Å². The zero-order valence-corrected chi connectivity index (χ0v) is 20.2. The second-order valence-corrected chi connectivity index (χ2v) is 11.4. The van der Waals surface area contributed by atoms with Crippen LogP contribution in [0.4, 0.5) is 18.0 Å². The number of nitriles is 1. The molecule has 1 aliphatic carbocycles. The Morgan fingerprint density at radius 2 is 1.83 bits per heavy atom. The maximum Gasteiger partial charge on any atom is 0.516 e. The third-order valence-electron chi connectivity index (χ3n) is 6.14. The van der Waals surface area contributed by atoms with Gasteiger partial charge in [-0.15, -0.1) is 0 Å². The molecule has 2 heterocycles. The van der Waals surface area contributed by atoms with Gasteiger partial charge in [0.1, 0.15) is 24.3 Å². The maximum absolute atomic E-state index is 13.4. The number of carbonyl (C=O) groups excluding carboxylic acids is 3. The summed E-state index contributed by atoms with van der Waals surface area (Å²) in [6.45, 7) is 4.30. The van der Waals surface area contributed by atoms with Crippen LogP contribution in [0.3, 0.4) is 0 Å². The summed E-state index contributed by atoms with van der Waals surface area (Å²) in [6, 6.07) is -0.153. The summed E-state index contributed by atoms with van der Waals surface area (Å²) in [5.74, 6) is -2.30. The van der Waals surface area contributed by atoms with Gasteiger partial charge in [-0.3, -0.25) is 14.5 Å². The van der Waals surface area contributed by atoms with Crippen molar-refractivity contribution in [3.8, 4) is 6.07 Å². The molecule has 3 rings (SSSR count). The number of sulfonamides is 1. The molecule has 0 aromatic heterocycles. The molecular formula is C20H27F3N4O7S. The van der Waals surface area contributed by atoms with Gasteiger partial charge in [0.25, 0.3) is 5.91 Å². The van der Waals surface area contributed by atoms with Crippen molar-refractivity contribution in [1.29, 1.82) is 5.26 Å². The number of amides is 3. The lowest BCUT2D eigenvalue weighted by Gasteiger charge is -2.40. The van der Waals surface area contributed by atoms with Gasteiger partial charge in [0.2, 0.25) is 5.91 Å². The van der Waals surface area contributed by atoms with Crippen LogP contribution in [0.5, 0.6) is 0 Å². The first-order valence-corrected chi connectivity index (χ1v) is 12.5. The normalized spacial score (nSPS) is 28.7. The molecule has 0 unspecified atom stereocenters. The molecule has 2 aliphatic heterocycles. The summed E-state index contributed by atoms with van der Waals surface area (Å²) in [4.78, 5) is 40.8. The number of nitrogens with zero attached hydrogens (tertiary/aromatic N) is 3.